The van der Waals surface area contributed by atoms with Gasteiger partial charge in [-0.05, 0) is 76.7 Å². The summed E-state index contributed by atoms with van der Waals surface area (Å²) in [7, 11) is 3.94. The van der Waals surface area contributed by atoms with Crippen LogP contribution >= 0.6 is 11.6 Å². The van der Waals surface area contributed by atoms with Crippen LogP contribution in [0.2, 0.25) is 5.02 Å². The zero-order chi connectivity index (χ0) is 25.7. The number of carbonyl (C=O) groups excluding carboxylic acids is 1. The summed E-state index contributed by atoms with van der Waals surface area (Å²) in [4.78, 5) is 22.1. The molecule has 0 atom stereocenters. The largest absolute Gasteiger partial charge is 0.483 e. The first-order valence-electron chi connectivity index (χ1n) is 10.9. The number of rotatable bonds is 4. The summed E-state index contributed by atoms with van der Waals surface area (Å²) >= 11 is 5.89. The Morgan fingerprint density at radius 3 is 1.88 bits per heavy atom. The van der Waals surface area contributed by atoms with Gasteiger partial charge in [-0.1, -0.05) is 63.1 Å². The average molecular weight is 467 g/mol. The first-order chi connectivity index (χ1) is 15.1. The van der Waals surface area contributed by atoms with Crippen molar-refractivity contribution in [3.05, 3.63) is 69.2 Å². The molecule has 0 fully saturated rings. The molecule has 0 saturated heterocycles. The van der Waals surface area contributed by atoms with Crippen LogP contribution in [0.5, 0.6) is 0 Å². The SMILES string of the molecule is CC.CC.Cc1cc(C(=O)NCCN(C)C)ccc1Cl.Cc1ccc(C)c(C)c1.O=CO. The number of carbonyl (C=O) groups is 2. The van der Waals surface area contributed by atoms with Gasteiger partial charge in [0.05, 0.1) is 0 Å². The molecule has 0 aromatic heterocycles. The van der Waals surface area contributed by atoms with Crippen LogP contribution in [0.3, 0.4) is 0 Å². The van der Waals surface area contributed by atoms with Crippen LogP contribution in [0.4, 0.5) is 0 Å². The smallest absolute Gasteiger partial charge is 0.290 e. The Hall–Kier alpha value is -2.37. The first kappa shape index (κ1) is 34.2. The van der Waals surface area contributed by atoms with Gasteiger partial charge in [-0.3, -0.25) is 9.59 Å². The van der Waals surface area contributed by atoms with Crippen LogP contribution in [0.25, 0.3) is 0 Å². The fourth-order valence-electron chi connectivity index (χ4n) is 2.17. The maximum Gasteiger partial charge on any atom is 0.290 e. The number of nitrogens with zero attached hydrogens (tertiary/aromatic N) is 1. The number of halogens is 1. The molecule has 1 amide bonds. The molecule has 0 spiro atoms. The van der Waals surface area contributed by atoms with Crippen LogP contribution < -0.4 is 5.32 Å². The molecule has 0 aliphatic rings. The summed E-state index contributed by atoms with van der Waals surface area (Å²) in [5.41, 5.74) is 5.68. The molecule has 32 heavy (non-hydrogen) atoms. The van der Waals surface area contributed by atoms with Crippen molar-refractivity contribution in [1.29, 1.82) is 0 Å². The molecule has 6 heteroatoms. The second-order valence-corrected chi connectivity index (χ2v) is 7.12. The highest BCUT2D eigenvalue weighted by atomic mass is 35.5. The van der Waals surface area contributed by atoms with Crippen molar-refractivity contribution >= 4 is 24.0 Å². The Kier molecular flexibility index (Phi) is 23.4. The molecule has 2 aromatic carbocycles. The zero-order valence-electron chi connectivity index (χ0n) is 21.5. The fraction of sp³-hybridized carbons (Fsp3) is 0.462. The fourth-order valence-corrected chi connectivity index (χ4v) is 2.29. The maximum absolute atomic E-state index is 11.7. The molecule has 0 bridgehead atoms. The van der Waals surface area contributed by atoms with Gasteiger partial charge in [0.25, 0.3) is 12.4 Å². The number of carboxylic acid groups (broad SMARTS) is 1. The van der Waals surface area contributed by atoms with E-state index in [0.717, 1.165) is 12.1 Å². The zero-order valence-corrected chi connectivity index (χ0v) is 22.3. The molecule has 0 aliphatic carbocycles. The molecular formula is C26H43ClN2O3. The molecule has 2 rings (SSSR count). The minimum absolute atomic E-state index is 0.0541. The number of hydrogen-bond acceptors (Lipinski definition) is 3. The molecule has 2 N–H and O–H groups in total. The molecule has 182 valence electrons. The van der Waals surface area contributed by atoms with Crippen molar-refractivity contribution in [2.45, 2.75) is 55.4 Å². The standard InChI is InChI=1S/C12H17ClN2O.C9H12.2C2H6.CH2O2/c1-9-8-10(4-5-11(9)13)12(16)14-6-7-15(2)3;1-7-4-5-8(2)9(3)6-7;2*1-2;2-1-3/h4-5,8H,6-7H2,1-3H3,(H,14,16);4-6H,1-3H3;2*1-2H3;1H,(H,2,3). The van der Waals surface area contributed by atoms with E-state index in [1.54, 1.807) is 18.2 Å². The minimum atomic E-state index is -0.250. The Morgan fingerprint density at radius 1 is 0.938 bits per heavy atom. The number of nitrogens with one attached hydrogen (secondary N) is 1. The van der Waals surface area contributed by atoms with Crippen LogP contribution in [-0.4, -0.2) is 49.6 Å². The van der Waals surface area contributed by atoms with Crippen LogP contribution in [0, 0.1) is 27.7 Å². The molecule has 5 nitrogen and oxygen atoms in total. The Bertz CT molecular complexity index is 763. The van der Waals surface area contributed by atoms with Crippen molar-refractivity contribution < 1.29 is 14.7 Å². The number of likely N-dealkylation sites (N-methyl/N-ethyl adjacent to an activating group) is 1. The van der Waals surface area contributed by atoms with E-state index in [1.807, 2.05) is 53.6 Å². The first-order valence-corrected chi connectivity index (χ1v) is 11.3. The minimum Gasteiger partial charge on any atom is -0.483 e. The van der Waals surface area contributed by atoms with Gasteiger partial charge in [-0.25, -0.2) is 0 Å². The topological polar surface area (TPSA) is 69.6 Å². The molecule has 0 radical (unpaired) electrons. The van der Waals surface area contributed by atoms with E-state index in [0.29, 0.717) is 17.1 Å². The molecule has 0 aliphatic heterocycles. The van der Waals surface area contributed by atoms with E-state index in [1.165, 1.54) is 16.7 Å². The van der Waals surface area contributed by atoms with Crippen molar-refractivity contribution in [3.63, 3.8) is 0 Å². The van der Waals surface area contributed by atoms with Crippen molar-refractivity contribution in [1.82, 2.24) is 10.2 Å². The quantitative estimate of drug-likeness (QED) is 0.518. The van der Waals surface area contributed by atoms with E-state index in [-0.39, 0.29) is 12.4 Å². The summed E-state index contributed by atoms with van der Waals surface area (Å²) in [6.07, 6.45) is 0. The van der Waals surface area contributed by atoms with Gasteiger partial charge in [0, 0.05) is 23.7 Å². The van der Waals surface area contributed by atoms with E-state index in [2.05, 4.69) is 44.3 Å². The van der Waals surface area contributed by atoms with Crippen molar-refractivity contribution in [2.75, 3.05) is 27.2 Å². The number of amides is 1. The number of hydrogen-bond donors (Lipinski definition) is 2. The number of aryl methyl sites for hydroxylation is 4. The van der Waals surface area contributed by atoms with Crippen molar-refractivity contribution in [2.24, 2.45) is 0 Å². The molecule has 0 heterocycles. The molecular weight excluding hydrogens is 424 g/mol. The third kappa shape index (κ3) is 17.3. The highest BCUT2D eigenvalue weighted by molar-refractivity contribution is 6.31. The predicted octanol–water partition coefficient (Wildman–Crippen LogP) is 6.30. The predicted molar refractivity (Wildman–Crippen MR) is 139 cm³/mol. The summed E-state index contributed by atoms with van der Waals surface area (Å²) in [6, 6.07) is 11.8. The van der Waals surface area contributed by atoms with E-state index < -0.39 is 0 Å². The summed E-state index contributed by atoms with van der Waals surface area (Å²) in [5, 5.41) is 10.4. The van der Waals surface area contributed by atoms with E-state index >= 15 is 0 Å². The van der Waals surface area contributed by atoms with Gasteiger partial charge >= 0.3 is 0 Å². The van der Waals surface area contributed by atoms with Crippen LogP contribution in [0.15, 0.2) is 36.4 Å². The van der Waals surface area contributed by atoms with Crippen molar-refractivity contribution in [3.8, 4) is 0 Å². The van der Waals surface area contributed by atoms with E-state index in [9.17, 15) is 4.79 Å². The molecule has 0 saturated carbocycles. The monoisotopic (exact) mass is 466 g/mol. The third-order valence-corrected chi connectivity index (χ3v) is 4.35. The lowest BCUT2D eigenvalue weighted by molar-refractivity contribution is -0.122. The lowest BCUT2D eigenvalue weighted by Gasteiger charge is -2.10. The number of benzene rings is 2. The Balaban J connectivity index is -0.000000443. The lowest BCUT2D eigenvalue weighted by atomic mass is 10.1. The highest BCUT2D eigenvalue weighted by Gasteiger charge is 2.06. The third-order valence-electron chi connectivity index (χ3n) is 3.93. The second-order valence-electron chi connectivity index (χ2n) is 6.72. The lowest BCUT2D eigenvalue weighted by Crippen LogP contribution is -2.31. The van der Waals surface area contributed by atoms with Crippen LogP contribution in [-0.2, 0) is 4.79 Å². The van der Waals surface area contributed by atoms with Gasteiger partial charge in [-0.2, -0.15) is 0 Å². The normalized spacial score (nSPS) is 8.75. The maximum atomic E-state index is 11.7. The van der Waals surface area contributed by atoms with Gasteiger partial charge in [0.2, 0.25) is 0 Å². The second kappa shape index (κ2) is 21.8. The Labute approximate surface area is 200 Å². The van der Waals surface area contributed by atoms with E-state index in [4.69, 9.17) is 21.5 Å². The summed E-state index contributed by atoms with van der Waals surface area (Å²) in [5.74, 6) is -0.0541. The van der Waals surface area contributed by atoms with Gasteiger partial charge < -0.3 is 15.3 Å². The Morgan fingerprint density at radius 2 is 1.47 bits per heavy atom. The highest BCUT2D eigenvalue weighted by Crippen LogP contribution is 2.16. The molecule has 2 aromatic rings. The van der Waals surface area contributed by atoms with Gasteiger partial charge in [0.1, 0.15) is 0 Å². The van der Waals surface area contributed by atoms with Gasteiger partial charge in [0.15, 0.2) is 0 Å². The van der Waals surface area contributed by atoms with Gasteiger partial charge in [-0.15, -0.1) is 0 Å². The summed E-state index contributed by atoms with van der Waals surface area (Å²) in [6.45, 7) is 17.5. The summed E-state index contributed by atoms with van der Waals surface area (Å²) < 4.78 is 0. The average Bonchev–Trinajstić information content (AvgIpc) is 2.76. The molecule has 0 unspecified atom stereocenters. The van der Waals surface area contributed by atoms with Crippen LogP contribution in [0.1, 0.15) is 60.3 Å².